The Hall–Kier alpha value is -1.21. The molecule has 0 aromatic carbocycles. The molecule has 2 aromatic heterocycles. The molecule has 1 unspecified atom stereocenters. The molecule has 0 aliphatic carbocycles. The lowest BCUT2D eigenvalue weighted by Gasteiger charge is -1.70. The zero-order valence-corrected chi connectivity index (χ0v) is 8.13. The number of aromatic amines is 1. The lowest BCUT2D eigenvalue weighted by molar-refractivity contribution is 1.31. The highest BCUT2D eigenvalue weighted by Gasteiger charge is 1.58. The fourth-order valence-corrected chi connectivity index (χ4v) is 0.528. The van der Waals surface area contributed by atoms with Gasteiger partial charge in [0.2, 0.25) is 0 Å². The van der Waals surface area contributed by atoms with E-state index in [1.165, 1.54) is 0 Å². The van der Waals surface area contributed by atoms with Crippen LogP contribution in [0, 0.1) is 0 Å². The van der Waals surface area contributed by atoms with E-state index < -0.39 is 0 Å². The Labute approximate surface area is 74.9 Å². The van der Waals surface area contributed by atoms with Crippen LogP contribution in [0.1, 0.15) is 0 Å². The first-order valence-corrected chi connectivity index (χ1v) is 3.28. The second kappa shape index (κ2) is 7.89. The summed E-state index contributed by atoms with van der Waals surface area (Å²) in [6.45, 7) is 0. The molecule has 12 heavy (non-hydrogen) atoms. The van der Waals surface area contributed by atoms with E-state index in [0.717, 1.165) is 0 Å². The zero-order chi connectivity index (χ0) is 7.78. The van der Waals surface area contributed by atoms with Gasteiger partial charge in [-0.05, 0) is 12.1 Å². The minimum absolute atomic E-state index is 0. The molecule has 0 bridgehead atoms. The normalized spacial score (nSPS) is 7.33. The minimum atomic E-state index is 0. The first-order chi connectivity index (χ1) is 5.50. The van der Waals surface area contributed by atoms with Crippen LogP contribution in [0.2, 0.25) is 0 Å². The van der Waals surface area contributed by atoms with Crippen LogP contribution >= 0.6 is 9.90 Å². The lowest BCUT2D eigenvalue weighted by atomic mass is 10.5. The number of pyridine rings is 1. The monoisotopic (exact) mass is 181 g/mol. The zero-order valence-electron chi connectivity index (χ0n) is 6.72. The highest BCUT2D eigenvalue weighted by Crippen LogP contribution is 1.73. The standard InChI is InChI=1S/C5H5N.C3H4N2.H3P/c1-2-4-6-5-3-1;1-2-5-3-4-1;/h1-5H;1-3H,(H,4,5);1H3. The number of H-pyrrole nitrogens is 1. The predicted octanol–water partition coefficient (Wildman–Crippen LogP) is 1.55. The van der Waals surface area contributed by atoms with Crippen molar-refractivity contribution in [3.05, 3.63) is 49.3 Å². The van der Waals surface area contributed by atoms with Gasteiger partial charge in [-0.3, -0.25) is 4.98 Å². The Bertz CT molecular complexity index is 200. The van der Waals surface area contributed by atoms with E-state index in [-0.39, 0.29) is 9.90 Å². The first kappa shape index (κ1) is 10.8. The van der Waals surface area contributed by atoms with E-state index in [0.29, 0.717) is 0 Å². The molecule has 0 fully saturated rings. The van der Waals surface area contributed by atoms with E-state index in [4.69, 9.17) is 0 Å². The van der Waals surface area contributed by atoms with Crippen LogP contribution in [0.25, 0.3) is 0 Å². The Morgan fingerprint density at radius 3 is 1.75 bits per heavy atom. The SMILES string of the molecule is P.c1c[nH]cn1.c1ccncc1. The molecule has 4 heteroatoms. The molecule has 0 amide bonds. The maximum atomic E-state index is 3.78. The van der Waals surface area contributed by atoms with Gasteiger partial charge < -0.3 is 4.98 Å². The fourth-order valence-electron chi connectivity index (χ4n) is 0.528. The molecule has 1 atom stereocenters. The van der Waals surface area contributed by atoms with E-state index in [1.807, 2.05) is 18.2 Å². The van der Waals surface area contributed by atoms with Crippen LogP contribution in [-0.2, 0) is 0 Å². The van der Waals surface area contributed by atoms with Crippen LogP contribution in [0.15, 0.2) is 49.3 Å². The quantitative estimate of drug-likeness (QED) is 0.626. The number of nitrogens with zero attached hydrogens (tertiary/aromatic N) is 2. The third-order valence-corrected chi connectivity index (χ3v) is 0.972. The molecule has 64 valence electrons. The lowest BCUT2D eigenvalue weighted by Crippen LogP contribution is -1.58. The van der Waals surface area contributed by atoms with Crippen molar-refractivity contribution in [2.45, 2.75) is 0 Å². The molecule has 2 rings (SSSR count). The van der Waals surface area contributed by atoms with Gasteiger partial charge in [0.15, 0.2) is 0 Å². The van der Waals surface area contributed by atoms with Crippen molar-refractivity contribution in [1.82, 2.24) is 15.0 Å². The Kier molecular flexibility index (Phi) is 7.10. The van der Waals surface area contributed by atoms with E-state index in [2.05, 4.69) is 15.0 Å². The first-order valence-electron chi connectivity index (χ1n) is 3.28. The van der Waals surface area contributed by atoms with Crippen LogP contribution in [0.5, 0.6) is 0 Å². The summed E-state index contributed by atoms with van der Waals surface area (Å²) in [6, 6.07) is 5.72. The topological polar surface area (TPSA) is 41.6 Å². The van der Waals surface area contributed by atoms with Gasteiger partial charge in [0.25, 0.3) is 0 Å². The second-order valence-corrected chi connectivity index (χ2v) is 1.79. The minimum Gasteiger partial charge on any atom is -0.351 e. The number of aromatic nitrogens is 3. The molecular weight excluding hydrogens is 169 g/mol. The molecule has 1 N–H and O–H groups in total. The Morgan fingerprint density at radius 2 is 1.58 bits per heavy atom. The van der Waals surface area contributed by atoms with Crippen molar-refractivity contribution in [2.24, 2.45) is 0 Å². The van der Waals surface area contributed by atoms with Gasteiger partial charge in [-0.15, -0.1) is 0 Å². The second-order valence-electron chi connectivity index (χ2n) is 1.79. The molecule has 0 spiro atoms. The molecule has 0 radical (unpaired) electrons. The van der Waals surface area contributed by atoms with Crippen molar-refractivity contribution < 1.29 is 0 Å². The van der Waals surface area contributed by atoms with Gasteiger partial charge in [0, 0.05) is 24.8 Å². The van der Waals surface area contributed by atoms with Crippen LogP contribution < -0.4 is 0 Å². The fraction of sp³-hybridized carbons (Fsp3) is 0. The molecule has 0 saturated heterocycles. The third kappa shape index (κ3) is 5.57. The van der Waals surface area contributed by atoms with Crippen LogP contribution in [-0.4, -0.2) is 15.0 Å². The average molecular weight is 181 g/mol. The summed E-state index contributed by atoms with van der Waals surface area (Å²) in [7, 11) is 0. The van der Waals surface area contributed by atoms with Crippen LogP contribution in [0.4, 0.5) is 0 Å². The summed E-state index contributed by atoms with van der Waals surface area (Å²) in [4.78, 5) is 10.2. The summed E-state index contributed by atoms with van der Waals surface area (Å²) in [5.41, 5.74) is 0. The van der Waals surface area contributed by atoms with Gasteiger partial charge in [-0.1, -0.05) is 6.07 Å². The van der Waals surface area contributed by atoms with Gasteiger partial charge >= 0.3 is 0 Å². The van der Waals surface area contributed by atoms with Crippen molar-refractivity contribution >= 4 is 9.90 Å². The number of rotatable bonds is 0. The maximum Gasteiger partial charge on any atom is 0.0919 e. The van der Waals surface area contributed by atoms with Crippen molar-refractivity contribution in [3.63, 3.8) is 0 Å². The van der Waals surface area contributed by atoms with E-state index >= 15 is 0 Å². The highest BCUT2D eigenvalue weighted by molar-refractivity contribution is 6.92. The molecule has 2 aromatic rings. The predicted molar refractivity (Wildman–Crippen MR) is 53.9 cm³/mol. The largest absolute Gasteiger partial charge is 0.351 e. The van der Waals surface area contributed by atoms with Crippen molar-refractivity contribution in [1.29, 1.82) is 0 Å². The Balaban J connectivity index is 0.000000189. The molecule has 2 heterocycles. The molecule has 3 nitrogen and oxygen atoms in total. The number of hydrogen-bond donors (Lipinski definition) is 1. The number of nitrogens with one attached hydrogen (secondary N) is 1. The molecule has 0 saturated carbocycles. The summed E-state index contributed by atoms with van der Waals surface area (Å²) in [5.74, 6) is 0. The summed E-state index contributed by atoms with van der Waals surface area (Å²) >= 11 is 0. The van der Waals surface area contributed by atoms with Gasteiger partial charge in [0.1, 0.15) is 0 Å². The van der Waals surface area contributed by atoms with Crippen LogP contribution in [0.3, 0.4) is 0 Å². The summed E-state index contributed by atoms with van der Waals surface area (Å²) in [5, 5.41) is 0. The molecule has 0 aliphatic heterocycles. The maximum absolute atomic E-state index is 3.78. The van der Waals surface area contributed by atoms with Crippen molar-refractivity contribution in [3.8, 4) is 0 Å². The van der Waals surface area contributed by atoms with Gasteiger partial charge in [-0.25, -0.2) is 4.98 Å². The highest BCUT2D eigenvalue weighted by atomic mass is 31.0. The number of hydrogen-bond acceptors (Lipinski definition) is 2. The summed E-state index contributed by atoms with van der Waals surface area (Å²) < 4.78 is 0. The van der Waals surface area contributed by atoms with Crippen molar-refractivity contribution in [2.75, 3.05) is 0 Å². The van der Waals surface area contributed by atoms with E-state index in [9.17, 15) is 0 Å². The average Bonchev–Trinajstić information content (AvgIpc) is 2.64. The smallest absolute Gasteiger partial charge is 0.0919 e. The van der Waals surface area contributed by atoms with Gasteiger partial charge in [0.05, 0.1) is 6.33 Å². The molecular formula is C8H12N3P. The number of imidazole rings is 1. The summed E-state index contributed by atoms with van der Waals surface area (Å²) in [6.07, 6.45) is 8.58. The molecule has 0 aliphatic rings. The Morgan fingerprint density at radius 1 is 0.833 bits per heavy atom. The third-order valence-electron chi connectivity index (χ3n) is 0.972. The van der Waals surface area contributed by atoms with Gasteiger partial charge in [-0.2, -0.15) is 9.90 Å². The van der Waals surface area contributed by atoms with E-state index in [1.54, 1.807) is 31.1 Å².